The number of H-pyrrole nitrogens is 2. The standard InChI is InChI=1S/C87H122N20O21S/c1-10-12-23-66-80(121)96-59(33-47(3)4)77(118)101-65(76(117)93-41-72(90)113)45-129-46-74(115)95-61(34-49-26-28-52(109)29-27-49)82(123)103(7)48(5)75(116)98-63(38-71(89)112)85(126)106-32-18-25-68(106)86(127)102(6)43-73(114)94-58(30-31-70(88)111)84(125)107-42-53(110)37-69(107)81(122)97-60(35-50-39-91-56-21-16-14-19-54(50)56)78(119)100-64(44-108)79(120)99-62(36-51-40-92-57-22-17-15-20-55(51)57)83(124)105(9)67(24-13-11-2)87(128)104(66)8/h14-17,19-22,26-29,39-40,47-48,53,58-69,91-92,108-110H,10-13,18,23-25,30-38,41-46H2,1-9H3,(H2,88,111)(H2,89,112)(H2,90,113)(H,93,117)(H,94,114)(H,95,115)(H,96,121)(H,97,122)(H,98,116)(H,99,120)(H,100,119)(H,101,118)/t48-,53+,58-,59-,60-,61-,62-,63-,64-,65-,66-,67-,68-,69-/m0/s1. The number of likely N-dealkylation sites (N-methyl/N-ethyl adjacent to an activating group) is 4. The molecule has 3 aliphatic rings. The summed E-state index contributed by atoms with van der Waals surface area (Å²) in [7, 11) is 5.13. The molecule has 3 aromatic carbocycles. The lowest BCUT2D eigenvalue weighted by Crippen LogP contribution is -2.61. The molecule has 0 spiro atoms. The number of hydrogen-bond donors (Lipinski definition) is 17. The molecule has 42 heteroatoms. The largest absolute Gasteiger partial charge is 0.508 e. The van der Waals surface area contributed by atoms with Gasteiger partial charge in [-0.15, -0.1) is 11.8 Å². The molecular weight excluding hydrogens is 1690 g/mol. The van der Waals surface area contributed by atoms with Crippen molar-refractivity contribution in [2.45, 2.75) is 222 Å². The third kappa shape index (κ3) is 28.1. The number of phenols is 1. The third-order valence-electron chi connectivity index (χ3n) is 23.2. The molecule has 8 rings (SSSR count). The van der Waals surface area contributed by atoms with Crippen LogP contribution in [-0.4, -0.2) is 318 Å². The molecule has 0 bridgehead atoms. The zero-order chi connectivity index (χ0) is 94.8. The Morgan fingerprint density at radius 3 is 1.67 bits per heavy atom. The maximum atomic E-state index is 15.7. The van der Waals surface area contributed by atoms with Crippen LogP contribution in [0.2, 0.25) is 0 Å². The lowest BCUT2D eigenvalue weighted by atomic mass is 9.99. The lowest BCUT2D eigenvalue weighted by molar-refractivity contribution is -0.149. The average Bonchev–Trinajstić information content (AvgIpc) is 1.72. The van der Waals surface area contributed by atoms with E-state index in [-0.39, 0.29) is 69.6 Å². The molecule has 3 fully saturated rings. The molecule has 5 aromatic rings. The van der Waals surface area contributed by atoms with Crippen LogP contribution in [0.5, 0.6) is 5.75 Å². The Balaban J connectivity index is 1.17. The van der Waals surface area contributed by atoms with Crippen molar-refractivity contribution in [2.75, 3.05) is 72.5 Å². The number of aromatic amines is 2. The van der Waals surface area contributed by atoms with Crippen molar-refractivity contribution in [3.05, 3.63) is 102 Å². The van der Waals surface area contributed by atoms with Crippen molar-refractivity contribution in [3.8, 4) is 5.75 Å². The van der Waals surface area contributed by atoms with Crippen LogP contribution >= 0.6 is 11.8 Å². The van der Waals surface area contributed by atoms with Gasteiger partial charge >= 0.3 is 0 Å². The maximum Gasteiger partial charge on any atom is 0.246 e. The zero-order valence-electron chi connectivity index (χ0n) is 74.0. The molecule has 702 valence electrons. The van der Waals surface area contributed by atoms with E-state index in [9.17, 15) is 72.9 Å². The Hall–Kier alpha value is -12.7. The highest BCUT2D eigenvalue weighted by atomic mass is 32.2. The number of rotatable bonds is 23. The Morgan fingerprint density at radius 1 is 0.535 bits per heavy atom. The lowest BCUT2D eigenvalue weighted by Gasteiger charge is -2.36. The number of carbonyl (C=O) groups excluding carboxylic acids is 18. The molecule has 14 atom stereocenters. The van der Waals surface area contributed by atoms with Gasteiger partial charge in [0.05, 0.1) is 38.0 Å². The number of aliphatic hydroxyl groups is 2. The number of para-hydroxylation sites is 2. The Labute approximate surface area is 750 Å². The van der Waals surface area contributed by atoms with Crippen LogP contribution in [0, 0.1) is 5.92 Å². The number of aromatic nitrogens is 2. The number of aliphatic hydroxyl groups excluding tert-OH is 2. The Morgan fingerprint density at radius 2 is 1.07 bits per heavy atom. The van der Waals surface area contributed by atoms with Crippen molar-refractivity contribution >= 4 is 140 Å². The molecule has 0 radical (unpaired) electrons. The minimum atomic E-state index is -1.90. The first-order valence-electron chi connectivity index (χ1n) is 43.2. The van der Waals surface area contributed by atoms with Gasteiger partial charge < -0.3 is 120 Å². The van der Waals surface area contributed by atoms with E-state index in [0.29, 0.717) is 64.2 Å². The highest BCUT2D eigenvalue weighted by molar-refractivity contribution is 8.00. The normalized spacial score (nSPS) is 24.9. The maximum absolute atomic E-state index is 15.7. The second-order valence-corrected chi connectivity index (χ2v) is 34.4. The molecule has 0 unspecified atom stereocenters. The first-order valence-corrected chi connectivity index (χ1v) is 44.3. The van der Waals surface area contributed by atoms with Crippen molar-refractivity contribution in [1.29, 1.82) is 0 Å². The smallest absolute Gasteiger partial charge is 0.246 e. The highest BCUT2D eigenvalue weighted by Crippen LogP contribution is 2.28. The van der Waals surface area contributed by atoms with Gasteiger partial charge in [0.15, 0.2) is 0 Å². The molecule has 20 N–H and O–H groups in total. The summed E-state index contributed by atoms with van der Waals surface area (Å²) in [5, 5.41) is 57.3. The molecule has 18 amide bonds. The van der Waals surface area contributed by atoms with Gasteiger partial charge in [0, 0.05) is 113 Å². The fourth-order valence-electron chi connectivity index (χ4n) is 16.0. The Bertz CT molecular complexity index is 4890. The number of amides is 18. The summed E-state index contributed by atoms with van der Waals surface area (Å²) in [5.41, 5.74) is 19.3. The molecule has 0 saturated carbocycles. The van der Waals surface area contributed by atoms with Crippen molar-refractivity contribution < 1.29 is 102 Å². The highest BCUT2D eigenvalue weighted by Gasteiger charge is 2.46. The molecule has 0 aliphatic carbocycles. The molecule has 3 aliphatic heterocycles. The number of benzene rings is 3. The van der Waals surface area contributed by atoms with E-state index in [1.165, 1.54) is 64.3 Å². The van der Waals surface area contributed by atoms with Crippen LogP contribution in [0.1, 0.15) is 135 Å². The summed E-state index contributed by atoms with van der Waals surface area (Å²) in [6.45, 7) is 5.20. The minimum Gasteiger partial charge on any atom is -0.508 e. The third-order valence-corrected chi connectivity index (χ3v) is 24.2. The summed E-state index contributed by atoms with van der Waals surface area (Å²) >= 11 is 0.789. The molecule has 5 heterocycles. The van der Waals surface area contributed by atoms with Crippen LogP contribution in [0.4, 0.5) is 0 Å². The van der Waals surface area contributed by atoms with Gasteiger partial charge in [-0.05, 0) is 92.3 Å². The second kappa shape index (κ2) is 47.9. The first-order chi connectivity index (χ1) is 61.2. The van der Waals surface area contributed by atoms with E-state index in [1.54, 1.807) is 74.8 Å². The average molecular weight is 1820 g/mol. The number of primary amides is 3. The first kappa shape index (κ1) is 102. The van der Waals surface area contributed by atoms with Gasteiger partial charge in [0.1, 0.15) is 84.3 Å². The Kier molecular flexibility index (Phi) is 37.7. The molecule has 2 aromatic heterocycles. The fraction of sp³-hybridized carbons (Fsp3) is 0.540. The summed E-state index contributed by atoms with van der Waals surface area (Å²) in [5.74, 6) is -18.4. The van der Waals surface area contributed by atoms with E-state index >= 15 is 28.8 Å². The zero-order valence-corrected chi connectivity index (χ0v) is 74.8. The van der Waals surface area contributed by atoms with Gasteiger partial charge in [0.2, 0.25) is 106 Å². The topological polar surface area (TPSA) is 605 Å². The number of nitrogens with one attached hydrogen (secondary N) is 11. The molecule has 129 heavy (non-hydrogen) atoms. The summed E-state index contributed by atoms with van der Waals surface area (Å²) in [6.07, 6.45) is 0.525. The number of aromatic hydroxyl groups is 1. The number of fused-ring (bicyclic) bond motifs is 4. The van der Waals surface area contributed by atoms with E-state index < -0.39 is 254 Å². The molecular formula is C87H122N20O21S. The molecule has 41 nitrogen and oxygen atoms in total. The van der Waals surface area contributed by atoms with Crippen LogP contribution in [0.25, 0.3) is 21.8 Å². The minimum absolute atomic E-state index is 0.00451. The monoisotopic (exact) mass is 1810 g/mol. The summed E-state index contributed by atoms with van der Waals surface area (Å²) < 4.78 is 0. The number of nitrogens with two attached hydrogens (primary N) is 3. The van der Waals surface area contributed by atoms with Gasteiger partial charge in [-0.25, -0.2) is 0 Å². The van der Waals surface area contributed by atoms with Gasteiger partial charge in [-0.3, -0.25) is 86.3 Å². The predicted octanol–water partition coefficient (Wildman–Crippen LogP) is -2.92. The van der Waals surface area contributed by atoms with Crippen LogP contribution < -0.4 is 65.1 Å². The molecule has 3 saturated heterocycles. The second-order valence-electron chi connectivity index (χ2n) is 33.4. The van der Waals surface area contributed by atoms with E-state index in [1.807, 2.05) is 13.8 Å². The summed E-state index contributed by atoms with van der Waals surface area (Å²) in [4.78, 5) is 272. The van der Waals surface area contributed by atoms with Gasteiger partial charge in [-0.1, -0.05) is 102 Å². The van der Waals surface area contributed by atoms with Crippen LogP contribution in [0.15, 0.2) is 85.2 Å². The SMILES string of the molecule is CCCC[C@H]1C(=O)N(C)[C@@H](CCCC)C(=O)N[C@@H](CC(C)C)C(=O)N[C@H](C(=O)NCC(N)=O)CSCC(=O)N[C@@H](Cc2ccc(O)cc2)C(=O)N(C)[C@@H](C)C(=O)N[C@@H](CC(N)=O)C(=O)N2CCC[C@H]2C(=O)N(C)CC(=O)N[C@@H](CCC(N)=O)C(=O)N2C[C@H](O)C[C@H]2C(=O)N[C@@H](Cc2c[nH]c3ccccc23)C(=O)N[C@@H](CO)C(=O)N[C@@H](Cc2c[nH]c3ccccc23)C(=O)N1C. The van der Waals surface area contributed by atoms with Crippen molar-refractivity contribution in [1.82, 2.24) is 87.2 Å². The van der Waals surface area contributed by atoms with Crippen molar-refractivity contribution in [2.24, 2.45) is 23.1 Å². The van der Waals surface area contributed by atoms with E-state index in [0.717, 1.165) is 36.3 Å². The van der Waals surface area contributed by atoms with E-state index in [2.05, 4.69) is 57.8 Å². The predicted molar refractivity (Wildman–Crippen MR) is 472 cm³/mol. The van der Waals surface area contributed by atoms with Crippen LogP contribution in [-0.2, 0) is 106 Å². The number of phenolic OH excluding ortho intramolecular Hbond substituents is 1. The van der Waals surface area contributed by atoms with Crippen molar-refractivity contribution in [3.63, 3.8) is 0 Å². The summed E-state index contributed by atoms with van der Waals surface area (Å²) in [6, 6.07) is -0.686. The van der Waals surface area contributed by atoms with Crippen LogP contribution in [0.3, 0.4) is 0 Å². The number of hydrogen-bond acceptors (Lipinski definition) is 22. The quantitative estimate of drug-likeness (QED) is 0.0312. The number of unbranched alkanes of at least 4 members (excludes halogenated alkanes) is 2. The van der Waals surface area contributed by atoms with E-state index in [4.69, 9.17) is 17.2 Å². The van der Waals surface area contributed by atoms with Gasteiger partial charge in [0.25, 0.3) is 0 Å². The number of nitrogens with zero attached hydrogens (tertiary/aromatic N) is 6. The number of thioether (sulfide) groups is 1. The fourth-order valence-corrected chi connectivity index (χ4v) is 16.8. The number of carbonyl (C=O) groups is 18. The van der Waals surface area contributed by atoms with Gasteiger partial charge in [-0.2, -0.15) is 0 Å².